The fourth-order valence-corrected chi connectivity index (χ4v) is 4.17. The lowest BCUT2D eigenvalue weighted by atomic mass is 9.92. The van der Waals surface area contributed by atoms with Crippen LogP contribution in [0.1, 0.15) is 44.6 Å². The summed E-state index contributed by atoms with van der Waals surface area (Å²) in [6.45, 7) is 5.48. The summed E-state index contributed by atoms with van der Waals surface area (Å²) < 4.78 is 16.9. The third-order valence-electron chi connectivity index (χ3n) is 6.76. The number of nitriles is 1. The van der Waals surface area contributed by atoms with E-state index in [4.69, 9.17) is 25.4 Å². The Hall–Kier alpha value is -4.42. The summed E-state index contributed by atoms with van der Waals surface area (Å²) in [5.74, 6) is -2.74. The summed E-state index contributed by atoms with van der Waals surface area (Å²) in [4.78, 5) is 44.3. The molecule has 0 bridgehead atoms. The first-order valence-corrected chi connectivity index (χ1v) is 13.5. The number of H-pyrrole nitrogens is 1. The first-order valence-electron chi connectivity index (χ1n) is 13.5. The smallest absolute Gasteiger partial charge is 0.323 e. The van der Waals surface area contributed by atoms with E-state index in [2.05, 4.69) is 15.3 Å². The summed E-state index contributed by atoms with van der Waals surface area (Å²) >= 11 is 0. The van der Waals surface area contributed by atoms with E-state index in [1.807, 2.05) is 6.07 Å². The van der Waals surface area contributed by atoms with Gasteiger partial charge in [-0.1, -0.05) is 44.2 Å². The predicted octanol–water partition coefficient (Wildman–Crippen LogP) is 0.415. The number of nitrogens with two attached hydrogens (primary N) is 1. The summed E-state index contributed by atoms with van der Waals surface area (Å²) in [5.41, 5.74) is 2.82. The van der Waals surface area contributed by atoms with E-state index in [-0.39, 0.29) is 29.6 Å². The number of rotatable bonds is 11. The highest BCUT2D eigenvalue weighted by molar-refractivity contribution is 6.10. The molecule has 0 unspecified atom stereocenters. The van der Waals surface area contributed by atoms with Gasteiger partial charge in [-0.25, -0.2) is 4.99 Å². The number of aromatic nitrogens is 1. The Bertz CT molecular complexity index is 1390. The average molecular weight is 597 g/mol. The molecule has 2 heterocycles. The number of ether oxygens (including phenoxy) is 3. The Balaban J connectivity index is 1.91. The minimum absolute atomic E-state index is 0.0139. The second-order valence-electron chi connectivity index (χ2n) is 10.9. The van der Waals surface area contributed by atoms with Gasteiger partial charge < -0.3 is 40.5 Å². The van der Waals surface area contributed by atoms with Crippen LogP contribution in [-0.2, 0) is 40.6 Å². The molecule has 1 aromatic carbocycles. The maximum absolute atomic E-state index is 12.8. The molecule has 7 N–H and O–H groups in total. The molecule has 1 aromatic heterocycles. The SMILES string of the molecule is CC(C)[C@H](N)C(=O)O[C@H]1[C@@H](O)[C@](C#N)(c2ccc(C(=NC=N)NC(=O)C(C)(C)O)[nH]2)O[C@@H]1COC(=O)Cc1ccccc1. The number of carbonyl (C=O) groups is 3. The summed E-state index contributed by atoms with van der Waals surface area (Å²) in [5, 5.41) is 41.4. The molecule has 1 aliphatic rings. The quantitative estimate of drug-likeness (QED) is 0.119. The molecule has 0 saturated carbocycles. The number of carbonyl (C=O) groups excluding carboxylic acids is 3. The zero-order chi connectivity index (χ0) is 31.9. The van der Waals surface area contributed by atoms with Crippen LogP contribution in [0.3, 0.4) is 0 Å². The average Bonchev–Trinajstić information content (AvgIpc) is 3.55. The van der Waals surface area contributed by atoms with Crippen LogP contribution in [0.15, 0.2) is 47.5 Å². The largest absolute Gasteiger partial charge is 0.463 e. The molecule has 0 radical (unpaired) electrons. The van der Waals surface area contributed by atoms with Gasteiger partial charge in [0.2, 0.25) is 5.60 Å². The van der Waals surface area contributed by atoms with Crippen LogP contribution in [-0.4, -0.2) is 81.8 Å². The van der Waals surface area contributed by atoms with Crippen LogP contribution in [0.4, 0.5) is 0 Å². The highest BCUT2D eigenvalue weighted by Crippen LogP contribution is 2.41. The van der Waals surface area contributed by atoms with Crippen molar-refractivity contribution in [1.29, 1.82) is 10.7 Å². The normalized spacial score (nSPS) is 22.9. The van der Waals surface area contributed by atoms with Gasteiger partial charge in [0, 0.05) is 0 Å². The summed E-state index contributed by atoms with van der Waals surface area (Å²) in [6.07, 6.45) is -3.89. The van der Waals surface area contributed by atoms with Gasteiger partial charge in [0.25, 0.3) is 5.91 Å². The molecule has 14 heteroatoms. The number of aliphatic hydroxyl groups excluding tert-OH is 1. The fourth-order valence-electron chi connectivity index (χ4n) is 4.17. The number of benzene rings is 1. The molecule has 14 nitrogen and oxygen atoms in total. The van der Waals surface area contributed by atoms with Crippen molar-refractivity contribution in [2.75, 3.05) is 6.61 Å². The van der Waals surface area contributed by atoms with Gasteiger partial charge in [-0.15, -0.1) is 0 Å². The van der Waals surface area contributed by atoms with Crippen LogP contribution in [0, 0.1) is 22.7 Å². The molecule has 3 rings (SSSR count). The van der Waals surface area contributed by atoms with Crippen LogP contribution in [0.2, 0.25) is 0 Å². The molecule has 1 fully saturated rings. The summed E-state index contributed by atoms with van der Waals surface area (Å²) in [6, 6.07) is 12.5. The number of amidine groups is 1. The highest BCUT2D eigenvalue weighted by atomic mass is 16.6. The van der Waals surface area contributed by atoms with Gasteiger partial charge >= 0.3 is 11.9 Å². The van der Waals surface area contributed by atoms with E-state index in [0.717, 1.165) is 0 Å². The van der Waals surface area contributed by atoms with E-state index in [0.29, 0.717) is 11.9 Å². The van der Waals surface area contributed by atoms with E-state index in [1.54, 1.807) is 44.2 Å². The number of hydrogen-bond acceptors (Lipinski definition) is 11. The lowest BCUT2D eigenvalue weighted by molar-refractivity contribution is -0.162. The molecule has 230 valence electrons. The Labute approximate surface area is 248 Å². The molecule has 0 aliphatic carbocycles. The van der Waals surface area contributed by atoms with Gasteiger partial charge in [-0.3, -0.25) is 19.8 Å². The van der Waals surface area contributed by atoms with Crippen molar-refractivity contribution in [3.05, 3.63) is 59.4 Å². The monoisotopic (exact) mass is 596 g/mol. The van der Waals surface area contributed by atoms with Crippen molar-refractivity contribution in [3.8, 4) is 6.07 Å². The number of amides is 1. The van der Waals surface area contributed by atoms with Gasteiger partial charge in [-0.05, 0) is 37.5 Å². The molecule has 2 aromatic rings. The van der Waals surface area contributed by atoms with Gasteiger partial charge in [0.15, 0.2) is 11.9 Å². The number of nitrogens with zero attached hydrogens (tertiary/aromatic N) is 2. The molecule has 0 spiro atoms. The number of aliphatic hydroxyl groups is 2. The number of hydrogen-bond donors (Lipinski definition) is 6. The topological polar surface area (TPSA) is 233 Å². The third kappa shape index (κ3) is 7.70. The lowest BCUT2D eigenvalue weighted by Gasteiger charge is -2.25. The fraction of sp³-hybridized carbons (Fsp3) is 0.448. The lowest BCUT2D eigenvalue weighted by Crippen LogP contribution is -2.46. The third-order valence-corrected chi connectivity index (χ3v) is 6.76. The van der Waals surface area contributed by atoms with E-state index < -0.39 is 60.0 Å². The predicted molar refractivity (Wildman–Crippen MR) is 153 cm³/mol. The van der Waals surface area contributed by atoms with Crippen molar-refractivity contribution >= 4 is 30.0 Å². The van der Waals surface area contributed by atoms with Gasteiger partial charge in [0.1, 0.15) is 42.9 Å². The molecule has 43 heavy (non-hydrogen) atoms. The van der Waals surface area contributed by atoms with Crippen LogP contribution in [0.5, 0.6) is 0 Å². The van der Waals surface area contributed by atoms with Crippen molar-refractivity contribution in [2.24, 2.45) is 16.6 Å². The van der Waals surface area contributed by atoms with Crippen LogP contribution in [0.25, 0.3) is 0 Å². The molecule has 1 aliphatic heterocycles. The molecular weight excluding hydrogens is 560 g/mol. The number of aliphatic imine (C=N–C) groups is 1. The first-order chi connectivity index (χ1) is 20.2. The van der Waals surface area contributed by atoms with Crippen molar-refractivity contribution in [2.45, 2.75) is 69.7 Å². The Kier molecular flexibility index (Phi) is 10.5. The first kappa shape index (κ1) is 33.1. The maximum Gasteiger partial charge on any atom is 0.323 e. The van der Waals surface area contributed by atoms with E-state index in [9.17, 15) is 29.9 Å². The summed E-state index contributed by atoms with van der Waals surface area (Å²) in [7, 11) is 0. The van der Waals surface area contributed by atoms with Crippen molar-refractivity contribution in [1.82, 2.24) is 10.3 Å². The molecule has 1 saturated heterocycles. The molecule has 5 atom stereocenters. The zero-order valence-corrected chi connectivity index (χ0v) is 24.2. The molecular formula is C29H36N6O8. The van der Waals surface area contributed by atoms with E-state index >= 15 is 0 Å². The van der Waals surface area contributed by atoms with Crippen molar-refractivity contribution in [3.63, 3.8) is 0 Å². The second-order valence-corrected chi connectivity index (χ2v) is 10.9. The highest BCUT2D eigenvalue weighted by Gasteiger charge is 2.59. The van der Waals surface area contributed by atoms with Crippen LogP contribution >= 0.6 is 0 Å². The number of aromatic amines is 1. The number of nitrogens with one attached hydrogen (secondary N) is 3. The van der Waals surface area contributed by atoms with E-state index in [1.165, 1.54) is 26.0 Å². The Morgan fingerprint density at radius 1 is 1.28 bits per heavy atom. The standard InChI is InChI=1S/C29H36N6O8/c1-16(2)22(32)26(38)42-23-19(13-41-21(36)12-17-8-6-5-7-9-17)43-29(14-30,24(23)37)20-11-10-18(34-20)25(33-15-31)35-27(39)28(3,4)40/h5-11,15-16,19,22-24,34,37,40H,12-13,32H2,1-4H3,(H2,31,33,35,39)/t19-,22+,23-,24-,29+/m1/s1. The molecule has 1 amide bonds. The number of esters is 2. The maximum atomic E-state index is 12.8. The van der Waals surface area contributed by atoms with Crippen LogP contribution < -0.4 is 11.1 Å². The van der Waals surface area contributed by atoms with Gasteiger partial charge in [-0.2, -0.15) is 5.26 Å². The minimum atomic E-state index is -2.16. The minimum Gasteiger partial charge on any atom is -0.463 e. The van der Waals surface area contributed by atoms with Gasteiger partial charge in [0.05, 0.1) is 17.8 Å². The second kappa shape index (κ2) is 13.7. The zero-order valence-electron chi connectivity index (χ0n) is 24.2. The Morgan fingerprint density at radius 3 is 2.53 bits per heavy atom. The van der Waals surface area contributed by atoms with Crippen molar-refractivity contribution < 1.29 is 38.8 Å². The Morgan fingerprint density at radius 2 is 1.95 bits per heavy atom.